The second-order valence-corrected chi connectivity index (χ2v) is 6.36. The number of ether oxygens (including phenoxy) is 2. The van der Waals surface area contributed by atoms with Gasteiger partial charge in [0.25, 0.3) is 0 Å². The highest BCUT2D eigenvalue weighted by molar-refractivity contribution is 6.24. The first-order chi connectivity index (χ1) is 13.8. The third kappa shape index (κ3) is 3.41. The maximum absolute atomic E-state index is 5.68. The maximum Gasteiger partial charge on any atom is 0.161 e. The molecule has 0 aliphatic heterocycles. The fourth-order valence-corrected chi connectivity index (χ4v) is 3.40. The van der Waals surface area contributed by atoms with Gasteiger partial charge in [-0.05, 0) is 48.7 Å². The molecule has 0 unspecified atom stereocenters. The Morgan fingerprint density at radius 2 is 1.29 bits per heavy atom. The van der Waals surface area contributed by atoms with Gasteiger partial charge >= 0.3 is 0 Å². The van der Waals surface area contributed by atoms with Gasteiger partial charge in [-0.25, -0.2) is 0 Å². The predicted molar refractivity (Wildman–Crippen MR) is 114 cm³/mol. The summed E-state index contributed by atoms with van der Waals surface area (Å²) in [5.74, 6) is 1.46. The zero-order chi connectivity index (χ0) is 19.3. The van der Waals surface area contributed by atoms with Crippen LogP contribution in [0.3, 0.4) is 0 Å². The summed E-state index contributed by atoms with van der Waals surface area (Å²) in [5.41, 5.74) is 6.44. The number of rotatable bonds is 6. The van der Waals surface area contributed by atoms with Crippen LogP contribution in [0.5, 0.6) is 11.5 Å². The monoisotopic (exact) mass is 370 g/mol. The summed E-state index contributed by atoms with van der Waals surface area (Å²) < 4.78 is 11.3. The number of benzene rings is 3. The van der Waals surface area contributed by atoms with E-state index in [1.165, 1.54) is 11.1 Å². The Hall–Kier alpha value is -3.40. The van der Waals surface area contributed by atoms with Crippen molar-refractivity contribution in [2.24, 2.45) is 10.2 Å². The van der Waals surface area contributed by atoms with Gasteiger partial charge in [0.2, 0.25) is 0 Å². The SMILES string of the molecule is CCOc1ccc(/C=N\N=C2c3ccccc3-c3ccccc32)cc1OCC. The Balaban J connectivity index is 1.66. The summed E-state index contributed by atoms with van der Waals surface area (Å²) in [7, 11) is 0. The van der Waals surface area contributed by atoms with E-state index < -0.39 is 0 Å². The lowest BCUT2D eigenvalue weighted by Gasteiger charge is -2.10. The maximum atomic E-state index is 5.68. The van der Waals surface area contributed by atoms with Crippen LogP contribution in [0.1, 0.15) is 30.5 Å². The molecule has 0 aromatic heterocycles. The molecule has 140 valence electrons. The normalized spacial score (nSPS) is 12.0. The van der Waals surface area contributed by atoms with E-state index in [-0.39, 0.29) is 0 Å². The first-order valence-electron chi connectivity index (χ1n) is 9.51. The minimum absolute atomic E-state index is 0.580. The smallest absolute Gasteiger partial charge is 0.161 e. The van der Waals surface area contributed by atoms with E-state index >= 15 is 0 Å². The van der Waals surface area contributed by atoms with Crippen LogP contribution in [0.4, 0.5) is 0 Å². The number of nitrogens with zero attached hydrogens (tertiary/aromatic N) is 2. The second kappa shape index (κ2) is 8.09. The first-order valence-corrected chi connectivity index (χ1v) is 9.51. The molecule has 0 amide bonds. The van der Waals surface area contributed by atoms with Crippen molar-refractivity contribution in [1.29, 1.82) is 0 Å². The van der Waals surface area contributed by atoms with Gasteiger partial charge in [-0.2, -0.15) is 5.10 Å². The number of hydrogen-bond donors (Lipinski definition) is 0. The van der Waals surface area contributed by atoms with Gasteiger partial charge in [-0.3, -0.25) is 0 Å². The Bertz CT molecular complexity index is 1010. The summed E-state index contributed by atoms with van der Waals surface area (Å²) in [4.78, 5) is 0. The average Bonchev–Trinajstić information content (AvgIpc) is 3.04. The molecule has 0 heterocycles. The van der Waals surface area contributed by atoms with Crippen molar-refractivity contribution >= 4 is 11.9 Å². The van der Waals surface area contributed by atoms with E-state index in [4.69, 9.17) is 9.47 Å². The molecule has 1 aliphatic carbocycles. The fourth-order valence-electron chi connectivity index (χ4n) is 3.40. The van der Waals surface area contributed by atoms with E-state index in [1.54, 1.807) is 6.21 Å². The van der Waals surface area contributed by atoms with Crippen LogP contribution < -0.4 is 9.47 Å². The molecule has 0 atom stereocenters. The third-order valence-electron chi connectivity index (χ3n) is 4.59. The topological polar surface area (TPSA) is 43.2 Å². The minimum atomic E-state index is 0.580. The summed E-state index contributed by atoms with van der Waals surface area (Å²) in [6, 6.07) is 22.4. The van der Waals surface area contributed by atoms with Gasteiger partial charge in [0.05, 0.1) is 19.4 Å². The Morgan fingerprint density at radius 3 is 1.89 bits per heavy atom. The van der Waals surface area contributed by atoms with Crippen molar-refractivity contribution in [3.63, 3.8) is 0 Å². The van der Waals surface area contributed by atoms with Crippen LogP contribution in [0.2, 0.25) is 0 Å². The molecular weight excluding hydrogens is 348 g/mol. The zero-order valence-corrected chi connectivity index (χ0v) is 16.1. The van der Waals surface area contributed by atoms with Crippen molar-refractivity contribution in [2.45, 2.75) is 13.8 Å². The molecular formula is C24H22N2O2. The fraction of sp³-hybridized carbons (Fsp3) is 0.167. The summed E-state index contributed by atoms with van der Waals surface area (Å²) in [6.45, 7) is 5.09. The van der Waals surface area contributed by atoms with Gasteiger partial charge in [-0.1, -0.05) is 48.5 Å². The molecule has 4 nitrogen and oxygen atoms in total. The van der Waals surface area contributed by atoms with Crippen molar-refractivity contribution in [3.8, 4) is 22.6 Å². The Kier molecular flexibility index (Phi) is 5.20. The molecule has 0 fully saturated rings. The van der Waals surface area contributed by atoms with Crippen molar-refractivity contribution < 1.29 is 9.47 Å². The summed E-state index contributed by atoms with van der Waals surface area (Å²) >= 11 is 0. The molecule has 0 radical (unpaired) electrons. The Labute approximate surface area is 165 Å². The van der Waals surface area contributed by atoms with Gasteiger partial charge in [0.1, 0.15) is 5.71 Å². The number of hydrogen-bond acceptors (Lipinski definition) is 4. The molecule has 0 spiro atoms. The first kappa shape index (κ1) is 18.0. The van der Waals surface area contributed by atoms with Crippen LogP contribution in [0, 0.1) is 0 Å². The van der Waals surface area contributed by atoms with Crippen molar-refractivity contribution in [2.75, 3.05) is 13.2 Å². The molecule has 4 rings (SSSR count). The van der Waals surface area contributed by atoms with Crippen LogP contribution in [0.25, 0.3) is 11.1 Å². The standard InChI is InChI=1S/C24H22N2O2/c1-3-27-22-14-13-17(15-23(22)28-4-2)16-25-26-24-20-11-7-5-9-18(20)19-10-6-8-12-21(19)24/h5-16H,3-4H2,1-2H3/b25-16-. The van der Waals surface area contributed by atoms with E-state index in [0.717, 1.165) is 33.9 Å². The lowest BCUT2D eigenvalue weighted by molar-refractivity contribution is 0.288. The van der Waals surface area contributed by atoms with Gasteiger partial charge in [0, 0.05) is 11.1 Å². The highest BCUT2D eigenvalue weighted by Gasteiger charge is 2.23. The highest BCUT2D eigenvalue weighted by atomic mass is 16.5. The lowest BCUT2D eigenvalue weighted by Crippen LogP contribution is -1.99. The number of fused-ring (bicyclic) bond motifs is 3. The largest absolute Gasteiger partial charge is 0.490 e. The van der Waals surface area contributed by atoms with Gasteiger partial charge in [0.15, 0.2) is 11.5 Å². The summed E-state index contributed by atoms with van der Waals surface area (Å²) in [5, 5.41) is 8.91. The van der Waals surface area contributed by atoms with Crippen LogP contribution in [0.15, 0.2) is 76.9 Å². The van der Waals surface area contributed by atoms with Crippen LogP contribution >= 0.6 is 0 Å². The molecule has 0 bridgehead atoms. The Morgan fingerprint density at radius 1 is 0.714 bits per heavy atom. The van der Waals surface area contributed by atoms with Crippen molar-refractivity contribution in [1.82, 2.24) is 0 Å². The summed E-state index contributed by atoms with van der Waals surface area (Å²) in [6.07, 6.45) is 1.74. The van der Waals surface area contributed by atoms with E-state index in [1.807, 2.05) is 44.2 Å². The lowest BCUT2D eigenvalue weighted by atomic mass is 10.1. The van der Waals surface area contributed by atoms with Crippen LogP contribution in [-0.4, -0.2) is 25.1 Å². The van der Waals surface area contributed by atoms with E-state index in [0.29, 0.717) is 13.2 Å². The quantitative estimate of drug-likeness (QED) is 0.340. The average molecular weight is 370 g/mol. The highest BCUT2D eigenvalue weighted by Crippen LogP contribution is 2.36. The van der Waals surface area contributed by atoms with Crippen LogP contribution in [-0.2, 0) is 0 Å². The van der Waals surface area contributed by atoms with E-state index in [9.17, 15) is 0 Å². The molecule has 3 aromatic rings. The minimum Gasteiger partial charge on any atom is -0.490 e. The molecule has 0 saturated heterocycles. The second-order valence-electron chi connectivity index (χ2n) is 6.36. The molecule has 1 aliphatic rings. The molecule has 4 heteroatoms. The van der Waals surface area contributed by atoms with Crippen molar-refractivity contribution in [3.05, 3.63) is 83.4 Å². The third-order valence-corrected chi connectivity index (χ3v) is 4.59. The van der Waals surface area contributed by atoms with Gasteiger partial charge < -0.3 is 9.47 Å². The predicted octanol–water partition coefficient (Wildman–Crippen LogP) is 5.34. The molecule has 0 saturated carbocycles. The zero-order valence-electron chi connectivity index (χ0n) is 16.1. The van der Waals surface area contributed by atoms with Gasteiger partial charge in [-0.15, -0.1) is 5.10 Å². The van der Waals surface area contributed by atoms with E-state index in [2.05, 4.69) is 46.6 Å². The molecule has 28 heavy (non-hydrogen) atoms. The molecule has 0 N–H and O–H groups in total. The molecule has 3 aromatic carbocycles.